The molecule has 0 heterocycles. The molecule has 0 aromatic heterocycles. The first kappa shape index (κ1) is 14.8. The van der Waals surface area contributed by atoms with E-state index in [9.17, 15) is 13.7 Å². The summed E-state index contributed by atoms with van der Waals surface area (Å²) in [7, 11) is -3.24. The van der Waals surface area contributed by atoms with Crippen LogP contribution in [-0.4, -0.2) is 38.6 Å². The molecule has 1 fully saturated rings. The van der Waals surface area contributed by atoms with Gasteiger partial charge in [-0.25, -0.2) is 8.42 Å². The summed E-state index contributed by atoms with van der Waals surface area (Å²) in [6, 6.07) is 2.13. The van der Waals surface area contributed by atoms with Crippen LogP contribution in [0, 0.1) is 11.3 Å². The average Bonchev–Trinajstić information content (AvgIpc) is 2.73. The summed E-state index contributed by atoms with van der Waals surface area (Å²) in [6.45, 7) is 0.813. The van der Waals surface area contributed by atoms with Gasteiger partial charge in [-0.1, -0.05) is 5.11 Å². The molecule has 7 nitrogen and oxygen atoms in total. The van der Waals surface area contributed by atoms with Crippen molar-refractivity contribution < 1.29 is 8.42 Å². The van der Waals surface area contributed by atoms with E-state index in [4.69, 9.17) is 5.53 Å². The van der Waals surface area contributed by atoms with Crippen LogP contribution in [0.15, 0.2) is 5.11 Å². The Morgan fingerprint density at radius 2 is 2.39 bits per heavy atom. The molecule has 18 heavy (non-hydrogen) atoms. The predicted octanol–water partition coefficient (Wildman–Crippen LogP) is 1.14. The van der Waals surface area contributed by atoms with Gasteiger partial charge in [0.15, 0.2) is 9.84 Å². The van der Waals surface area contributed by atoms with E-state index in [2.05, 4.69) is 21.4 Å². The smallest absolute Gasteiger partial charge is 0.153 e. The molecule has 2 atom stereocenters. The van der Waals surface area contributed by atoms with Crippen LogP contribution < -0.4 is 5.32 Å². The summed E-state index contributed by atoms with van der Waals surface area (Å²) in [5.41, 5.74) is 7.15. The first-order chi connectivity index (χ1) is 8.46. The number of hydrogen-bond acceptors (Lipinski definition) is 5. The normalized spacial score (nSPS) is 27.4. The zero-order valence-corrected chi connectivity index (χ0v) is 11.2. The van der Waals surface area contributed by atoms with Crippen molar-refractivity contribution in [1.82, 2.24) is 5.32 Å². The molecule has 2 unspecified atom stereocenters. The number of nitrogens with one attached hydrogen (secondary N) is 1. The highest BCUT2D eigenvalue weighted by Crippen LogP contribution is 2.34. The molecule has 1 N–H and O–H groups in total. The average molecular weight is 271 g/mol. The lowest BCUT2D eigenvalue weighted by atomic mass is 9.99. The van der Waals surface area contributed by atoms with Crippen molar-refractivity contribution in [3.63, 3.8) is 0 Å². The summed E-state index contributed by atoms with van der Waals surface area (Å²) in [5, 5.41) is 15.1. The molecule has 0 amide bonds. The zero-order valence-electron chi connectivity index (χ0n) is 10.3. The van der Waals surface area contributed by atoms with Gasteiger partial charge in [0.25, 0.3) is 0 Å². The minimum atomic E-state index is -3.24. The van der Waals surface area contributed by atoms with Crippen molar-refractivity contribution in [1.29, 1.82) is 5.26 Å². The Kier molecular flexibility index (Phi) is 4.96. The second-order valence-electron chi connectivity index (χ2n) is 4.53. The topological polar surface area (TPSA) is 119 Å². The lowest BCUT2D eigenvalue weighted by molar-refractivity contribution is 0.417. The predicted molar refractivity (Wildman–Crippen MR) is 67.5 cm³/mol. The van der Waals surface area contributed by atoms with Crippen LogP contribution in [0.5, 0.6) is 0 Å². The van der Waals surface area contributed by atoms with Gasteiger partial charge in [0, 0.05) is 17.7 Å². The van der Waals surface area contributed by atoms with E-state index in [0.29, 0.717) is 32.4 Å². The van der Waals surface area contributed by atoms with Gasteiger partial charge in [0.05, 0.1) is 11.3 Å². The third-order valence-electron chi connectivity index (χ3n) is 3.24. The Morgan fingerprint density at radius 3 is 2.94 bits per heavy atom. The molecule has 0 bridgehead atoms. The van der Waals surface area contributed by atoms with Crippen molar-refractivity contribution in [2.45, 2.75) is 36.5 Å². The highest BCUT2D eigenvalue weighted by Gasteiger charge is 2.48. The second-order valence-corrected chi connectivity index (χ2v) is 6.76. The Morgan fingerprint density at radius 1 is 1.67 bits per heavy atom. The van der Waals surface area contributed by atoms with Crippen molar-refractivity contribution in [2.24, 2.45) is 5.11 Å². The molecule has 0 aliphatic heterocycles. The van der Waals surface area contributed by atoms with E-state index in [-0.39, 0.29) is 0 Å². The Labute approximate surface area is 107 Å². The zero-order chi connectivity index (χ0) is 13.6. The molecule has 1 aliphatic carbocycles. The standard InChI is InChI=1S/C10H17N5O2S/c1-18(16,17)9-4-2-5-10(9,8-11)13-6-3-7-14-15-12/h9,13H,2-7H2,1H3. The number of sulfone groups is 1. The van der Waals surface area contributed by atoms with Gasteiger partial charge in [0.2, 0.25) is 0 Å². The maximum absolute atomic E-state index is 11.7. The molecule has 0 radical (unpaired) electrons. The van der Waals surface area contributed by atoms with Crippen molar-refractivity contribution in [3.8, 4) is 6.07 Å². The van der Waals surface area contributed by atoms with Gasteiger partial charge in [0.1, 0.15) is 5.54 Å². The molecule has 0 spiro atoms. The SMILES string of the molecule is CS(=O)(=O)C1CCCC1(C#N)NCCCN=[N+]=[N-]. The number of rotatable bonds is 6. The maximum Gasteiger partial charge on any atom is 0.153 e. The van der Waals surface area contributed by atoms with Crippen molar-refractivity contribution >= 4 is 9.84 Å². The minimum Gasteiger partial charge on any atom is -0.298 e. The van der Waals surface area contributed by atoms with Gasteiger partial charge in [-0.05, 0) is 37.8 Å². The van der Waals surface area contributed by atoms with Gasteiger partial charge >= 0.3 is 0 Å². The Hall–Kier alpha value is -1.29. The molecule has 0 aromatic rings. The number of hydrogen-bond donors (Lipinski definition) is 1. The second kappa shape index (κ2) is 6.05. The molecule has 0 saturated heterocycles. The lowest BCUT2D eigenvalue weighted by Crippen LogP contribution is -2.53. The van der Waals surface area contributed by atoms with Gasteiger partial charge in [-0.15, -0.1) is 0 Å². The molecular weight excluding hydrogens is 254 g/mol. The van der Waals surface area contributed by atoms with Crippen molar-refractivity contribution in [2.75, 3.05) is 19.3 Å². The quantitative estimate of drug-likeness (QED) is 0.337. The monoisotopic (exact) mass is 271 g/mol. The van der Waals surface area contributed by atoms with Crippen LogP contribution in [0.3, 0.4) is 0 Å². The van der Waals surface area contributed by atoms with E-state index < -0.39 is 20.6 Å². The Balaban J connectivity index is 2.68. The number of azide groups is 1. The van der Waals surface area contributed by atoms with Crippen LogP contribution in [0.1, 0.15) is 25.7 Å². The van der Waals surface area contributed by atoms with E-state index in [0.717, 1.165) is 6.42 Å². The van der Waals surface area contributed by atoms with Gasteiger partial charge in [-0.2, -0.15) is 5.26 Å². The maximum atomic E-state index is 11.7. The number of nitriles is 1. The fourth-order valence-electron chi connectivity index (χ4n) is 2.43. The van der Waals surface area contributed by atoms with Crippen LogP contribution in [0.25, 0.3) is 10.4 Å². The molecule has 100 valence electrons. The van der Waals surface area contributed by atoms with Gasteiger partial charge < -0.3 is 0 Å². The first-order valence-electron chi connectivity index (χ1n) is 5.82. The highest BCUT2D eigenvalue weighted by atomic mass is 32.2. The Bertz CT molecular complexity index is 477. The highest BCUT2D eigenvalue weighted by molar-refractivity contribution is 7.91. The molecule has 1 aliphatic rings. The van der Waals surface area contributed by atoms with Crippen molar-refractivity contribution in [3.05, 3.63) is 10.4 Å². The van der Waals surface area contributed by atoms with E-state index in [1.54, 1.807) is 0 Å². The largest absolute Gasteiger partial charge is 0.298 e. The molecular formula is C10H17N5O2S. The lowest BCUT2D eigenvalue weighted by Gasteiger charge is -2.28. The molecule has 0 aromatic carbocycles. The molecule has 1 rings (SSSR count). The van der Waals surface area contributed by atoms with Crippen LogP contribution in [-0.2, 0) is 9.84 Å². The summed E-state index contributed by atoms with van der Waals surface area (Å²) < 4.78 is 23.4. The summed E-state index contributed by atoms with van der Waals surface area (Å²) in [5.74, 6) is 0. The first-order valence-corrected chi connectivity index (χ1v) is 7.78. The fraction of sp³-hybridized carbons (Fsp3) is 0.900. The minimum absolute atomic E-state index is 0.342. The fourth-order valence-corrected chi connectivity index (χ4v) is 4.01. The van der Waals surface area contributed by atoms with Crippen LogP contribution in [0.4, 0.5) is 0 Å². The third kappa shape index (κ3) is 3.35. The summed E-state index contributed by atoms with van der Waals surface area (Å²) in [4.78, 5) is 2.63. The van der Waals surface area contributed by atoms with Crippen LogP contribution in [0.2, 0.25) is 0 Å². The molecule has 8 heteroatoms. The summed E-state index contributed by atoms with van der Waals surface area (Å²) in [6.07, 6.45) is 3.56. The summed E-state index contributed by atoms with van der Waals surface area (Å²) >= 11 is 0. The van der Waals surface area contributed by atoms with E-state index in [1.165, 1.54) is 6.26 Å². The van der Waals surface area contributed by atoms with Crippen LogP contribution >= 0.6 is 0 Å². The number of nitrogens with zero attached hydrogens (tertiary/aromatic N) is 4. The van der Waals surface area contributed by atoms with E-state index >= 15 is 0 Å². The van der Waals surface area contributed by atoms with E-state index in [1.807, 2.05) is 0 Å². The van der Waals surface area contributed by atoms with Gasteiger partial charge in [-0.3, -0.25) is 5.32 Å². The third-order valence-corrected chi connectivity index (χ3v) is 4.91. The molecule has 1 saturated carbocycles.